The minimum Gasteiger partial charge on any atom is -0.395 e. The lowest BCUT2D eigenvalue weighted by atomic mass is 10.1. The Balaban J connectivity index is 2.31. The summed E-state index contributed by atoms with van der Waals surface area (Å²) in [5.74, 6) is 4.73. The number of aliphatic hydroxyl groups excluding tert-OH is 2. The second-order valence-electron chi connectivity index (χ2n) is 4.94. The van der Waals surface area contributed by atoms with Crippen molar-refractivity contribution in [2.45, 2.75) is 25.3 Å². The number of hydrogen-bond donors (Lipinski definition) is 2. The van der Waals surface area contributed by atoms with E-state index >= 15 is 0 Å². The molecule has 1 saturated heterocycles. The van der Waals surface area contributed by atoms with Gasteiger partial charge in [-0.1, -0.05) is 11.8 Å². The normalized spacial score (nSPS) is 17.5. The number of hydrogen-bond acceptors (Lipinski definition) is 3. The van der Waals surface area contributed by atoms with Crippen molar-refractivity contribution >= 4 is 5.91 Å². The molecule has 1 fully saturated rings. The third kappa shape index (κ3) is 3.60. The summed E-state index contributed by atoms with van der Waals surface area (Å²) >= 11 is 0. The molecule has 0 spiro atoms. The Morgan fingerprint density at radius 1 is 1.43 bits per heavy atom. The summed E-state index contributed by atoms with van der Waals surface area (Å²) in [6.45, 7) is 0.410. The number of halogens is 1. The molecule has 0 saturated carbocycles. The van der Waals surface area contributed by atoms with Gasteiger partial charge in [-0.25, -0.2) is 4.39 Å². The Morgan fingerprint density at radius 3 is 2.95 bits per heavy atom. The molecule has 0 aromatic heterocycles. The maximum absolute atomic E-state index is 13.5. The quantitative estimate of drug-likeness (QED) is 0.822. The molecule has 112 valence electrons. The van der Waals surface area contributed by atoms with Crippen molar-refractivity contribution in [1.29, 1.82) is 0 Å². The van der Waals surface area contributed by atoms with E-state index in [9.17, 15) is 14.3 Å². The summed E-state index contributed by atoms with van der Waals surface area (Å²) in [6.07, 6.45) is 1.88. The highest BCUT2D eigenvalue weighted by Crippen LogP contribution is 2.21. The van der Waals surface area contributed by atoms with Crippen LogP contribution in [0, 0.1) is 17.7 Å². The summed E-state index contributed by atoms with van der Waals surface area (Å²) in [7, 11) is 0. The molecule has 1 unspecified atom stereocenters. The molecule has 2 N–H and O–H groups in total. The van der Waals surface area contributed by atoms with Gasteiger partial charge in [-0.2, -0.15) is 0 Å². The van der Waals surface area contributed by atoms with E-state index in [1.54, 1.807) is 4.90 Å². The van der Waals surface area contributed by atoms with Crippen molar-refractivity contribution in [3.8, 4) is 11.8 Å². The first-order valence-corrected chi connectivity index (χ1v) is 6.98. The average molecular weight is 291 g/mol. The molecule has 0 radical (unpaired) electrons. The van der Waals surface area contributed by atoms with Gasteiger partial charge in [-0.05, 0) is 31.0 Å². The molecule has 1 atom stereocenters. The molecule has 1 aliphatic rings. The van der Waals surface area contributed by atoms with Gasteiger partial charge in [0.25, 0.3) is 5.91 Å². The monoisotopic (exact) mass is 291 g/mol. The third-order valence-electron chi connectivity index (χ3n) is 3.52. The SMILES string of the molecule is O=C(c1cc(F)ccc1C#CCCO)N1CCCC1CO. The van der Waals surface area contributed by atoms with Crippen LogP contribution in [0.15, 0.2) is 18.2 Å². The van der Waals surface area contributed by atoms with Crippen LogP contribution in [0.25, 0.3) is 0 Å². The highest BCUT2D eigenvalue weighted by Gasteiger charge is 2.29. The van der Waals surface area contributed by atoms with E-state index in [1.165, 1.54) is 18.2 Å². The number of amides is 1. The second kappa shape index (κ2) is 7.21. The topological polar surface area (TPSA) is 60.8 Å². The van der Waals surface area contributed by atoms with Crippen LogP contribution in [-0.4, -0.2) is 46.8 Å². The van der Waals surface area contributed by atoms with Crippen LogP contribution >= 0.6 is 0 Å². The first-order chi connectivity index (χ1) is 10.2. The number of carbonyl (C=O) groups is 1. The van der Waals surface area contributed by atoms with Gasteiger partial charge in [0.2, 0.25) is 0 Å². The Kier molecular flexibility index (Phi) is 5.32. The molecule has 21 heavy (non-hydrogen) atoms. The van der Waals surface area contributed by atoms with Crippen LogP contribution in [0.1, 0.15) is 35.2 Å². The van der Waals surface area contributed by atoms with E-state index in [0.29, 0.717) is 18.5 Å². The van der Waals surface area contributed by atoms with Gasteiger partial charge >= 0.3 is 0 Å². The first-order valence-electron chi connectivity index (χ1n) is 6.98. The Hall–Kier alpha value is -1.90. The predicted molar refractivity (Wildman–Crippen MR) is 76.1 cm³/mol. The summed E-state index contributed by atoms with van der Waals surface area (Å²) in [5.41, 5.74) is 0.652. The van der Waals surface area contributed by atoms with Gasteiger partial charge in [0.1, 0.15) is 5.82 Å². The zero-order valence-corrected chi connectivity index (χ0v) is 11.7. The lowest BCUT2D eigenvalue weighted by molar-refractivity contribution is 0.0677. The number of rotatable bonds is 3. The van der Waals surface area contributed by atoms with Crippen LogP contribution in [0.4, 0.5) is 4.39 Å². The molecule has 1 aromatic carbocycles. The predicted octanol–water partition coefficient (Wildman–Crippen LogP) is 1.16. The molecule has 0 bridgehead atoms. The largest absolute Gasteiger partial charge is 0.395 e. The van der Waals surface area contributed by atoms with Gasteiger partial charge in [0.05, 0.1) is 24.8 Å². The smallest absolute Gasteiger partial charge is 0.255 e. The maximum atomic E-state index is 13.5. The molecule has 5 heteroatoms. The highest BCUT2D eigenvalue weighted by molar-refractivity contribution is 5.97. The Labute approximate surface area is 123 Å². The number of aliphatic hydroxyl groups is 2. The molecule has 1 heterocycles. The van der Waals surface area contributed by atoms with E-state index in [1.807, 2.05) is 0 Å². The van der Waals surface area contributed by atoms with E-state index < -0.39 is 5.82 Å². The van der Waals surface area contributed by atoms with Crippen LogP contribution < -0.4 is 0 Å². The minimum absolute atomic E-state index is 0.0593. The summed E-state index contributed by atoms with van der Waals surface area (Å²) < 4.78 is 13.5. The summed E-state index contributed by atoms with van der Waals surface area (Å²) in [5, 5.41) is 18.0. The van der Waals surface area contributed by atoms with E-state index in [0.717, 1.165) is 12.8 Å². The van der Waals surface area contributed by atoms with Crippen molar-refractivity contribution < 1.29 is 19.4 Å². The average Bonchev–Trinajstić information content (AvgIpc) is 2.96. The minimum atomic E-state index is -0.495. The van der Waals surface area contributed by atoms with Crippen LogP contribution in [0.2, 0.25) is 0 Å². The zero-order chi connectivity index (χ0) is 15.2. The van der Waals surface area contributed by atoms with Crippen LogP contribution in [0.3, 0.4) is 0 Å². The van der Waals surface area contributed by atoms with Crippen LogP contribution in [0.5, 0.6) is 0 Å². The molecule has 1 aliphatic heterocycles. The fourth-order valence-electron chi connectivity index (χ4n) is 2.46. The standard InChI is InChI=1S/C16H18FNO3/c17-13-7-6-12(4-1-2-9-19)15(10-13)16(21)18-8-3-5-14(18)11-20/h6-7,10,14,19-20H,2-3,5,8-9,11H2. The van der Waals surface area contributed by atoms with Crippen LogP contribution in [-0.2, 0) is 0 Å². The summed E-state index contributed by atoms with van der Waals surface area (Å²) in [6, 6.07) is 3.70. The number of carbonyl (C=O) groups excluding carboxylic acids is 1. The molecule has 1 amide bonds. The lowest BCUT2D eigenvalue weighted by Crippen LogP contribution is -2.38. The third-order valence-corrected chi connectivity index (χ3v) is 3.52. The molecular weight excluding hydrogens is 273 g/mol. The van der Waals surface area contributed by atoms with Crippen molar-refractivity contribution in [3.63, 3.8) is 0 Å². The van der Waals surface area contributed by atoms with Gasteiger partial charge in [-0.3, -0.25) is 4.79 Å². The number of likely N-dealkylation sites (tertiary alicyclic amines) is 1. The fraction of sp³-hybridized carbons (Fsp3) is 0.438. The number of nitrogens with zero attached hydrogens (tertiary/aromatic N) is 1. The van der Waals surface area contributed by atoms with Gasteiger partial charge in [0, 0.05) is 18.5 Å². The zero-order valence-electron chi connectivity index (χ0n) is 11.7. The van der Waals surface area contributed by atoms with Crippen molar-refractivity contribution in [2.75, 3.05) is 19.8 Å². The Bertz CT molecular complexity index is 577. The Morgan fingerprint density at radius 2 is 2.24 bits per heavy atom. The highest BCUT2D eigenvalue weighted by atomic mass is 19.1. The van der Waals surface area contributed by atoms with Crippen molar-refractivity contribution in [3.05, 3.63) is 35.1 Å². The molecule has 0 aliphatic carbocycles. The molecular formula is C16H18FNO3. The van der Waals surface area contributed by atoms with Gasteiger partial charge in [0.15, 0.2) is 0 Å². The van der Waals surface area contributed by atoms with E-state index in [4.69, 9.17) is 5.11 Å². The van der Waals surface area contributed by atoms with E-state index in [2.05, 4.69) is 11.8 Å². The summed E-state index contributed by atoms with van der Waals surface area (Å²) in [4.78, 5) is 14.1. The van der Waals surface area contributed by atoms with Crippen molar-refractivity contribution in [2.24, 2.45) is 0 Å². The lowest BCUT2D eigenvalue weighted by Gasteiger charge is -2.23. The maximum Gasteiger partial charge on any atom is 0.255 e. The van der Waals surface area contributed by atoms with Gasteiger partial charge in [-0.15, -0.1) is 0 Å². The van der Waals surface area contributed by atoms with Gasteiger partial charge < -0.3 is 15.1 Å². The molecule has 1 aromatic rings. The fourth-order valence-corrected chi connectivity index (χ4v) is 2.46. The number of benzene rings is 1. The molecule has 2 rings (SSSR count). The van der Waals surface area contributed by atoms with Crippen molar-refractivity contribution in [1.82, 2.24) is 4.90 Å². The second-order valence-corrected chi connectivity index (χ2v) is 4.94. The van der Waals surface area contributed by atoms with E-state index in [-0.39, 0.29) is 30.7 Å². The first kappa shape index (κ1) is 15.5. The molecule has 4 nitrogen and oxygen atoms in total.